The highest BCUT2D eigenvalue weighted by atomic mass is 35.5. The topological polar surface area (TPSA) is 55.6 Å². The number of hydrogen-bond donors (Lipinski definition) is 1. The third-order valence-corrected chi connectivity index (χ3v) is 3.29. The summed E-state index contributed by atoms with van der Waals surface area (Å²) in [4.78, 5) is 8.56. The summed E-state index contributed by atoms with van der Waals surface area (Å²) in [6.45, 7) is 0.556. The van der Waals surface area contributed by atoms with Gasteiger partial charge in [-0.2, -0.15) is 5.10 Å². The molecular weight excluding hydrogens is 286 g/mol. The zero-order valence-electron chi connectivity index (χ0n) is 11.5. The number of pyridine rings is 1. The highest BCUT2D eigenvalue weighted by molar-refractivity contribution is 6.30. The summed E-state index contributed by atoms with van der Waals surface area (Å²) in [7, 11) is 1.88. The minimum atomic E-state index is 0.556. The lowest BCUT2D eigenvalue weighted by molar-refractivity contribution is 0.754. The second-order valence-electron chi connectivity index (χ2n) is 4.57. The maximum atomic E-state index is 5.86. The van der Waals surface area contributed by atoms with Gasteiger partial charge in [-0.3, -0.25) is 4.98 Å². The standard InChI is InChI=1S/C15H14ClN5/c1-21-15(11-6-8-17-9-7-11)19-14(20-21)10-18-13-4-2-12(16)3-5-13/h2-9,18H,10H2,1H3. The number of benzene rings is 1. The molecule has 1 aromatic carbocycles. The number of halogens is 1. The molecule has 3 rings (SSSR count). The van der Waals surface area contributed by atoms with Gasteiger partial charge in [0.2, 0.25) is 0 Å². The van der Waals surface area contributed by atoms with Gasteiger partial charge in [0.05, 0.1) is 6.54 Å². The smallest absolute Gasteiger partial charge is 0.170 e. The Hall–Kier alpha value is -2.40. The third-order valence-electron chi connectivity index (χ3n) is 3.04. The summed E-state index contributed by atoms with van der Waals surface area (Å²) in [6.07, 6.45) is 3.49. The molecule has 3 aromatic rings. The van der Waals surface area contributed by atoms with Crippen molar-refractivity contribution in [1.82, 2.24) is 19.7 Å². The number of rotatable bonds is 4. The van der Waals surface area contributed by atoms with E-state index in [4.69, 9.17) is 11.6 Å². The Morgan fingerprint density at radius 2 is 1.81 bits per heavy atom. The van der Waals surface area contributed by atoms with Gasteiger partial charge >= 0.3 is 0 Å². The van der Waals surface area contributed by atoms with Crippen molar-refractivity contribution in [2.45, 2.75) is 6.54 Å². The van der Waals surface area contributed by atoms with Crippen LogP contribution in [0.4, 0.5) is 5.69 Å². The Labute approximate surface area is 127 Å². The van der Waals surface area contributed by atoms with Gasteiger partial charge in [-0.1, -0.05) is 11.6 Å². The number of anilines is 1. The number of aromatic nitrogens is 4. The molecule has 0 aliphatic rings. The quantitative estimate of drug-likeness (QED) is 0.804. The van der Waals surface area contributed by atoms with E-state index in [-0.39, 0.29) is 0 Å². The minimum Gasteiger partial charge on any atom is -0.378 e. The van der Waals surface area contributed by atoms with Crippen LogP contribution in [-0.2, 0) is 13.6 Å². The average molecular weight is 300 g/mol. The van der Waals surface area contributed by atoms with E-state index >= 15 is 0 Å². The molecule has 6 heteroatoms. The van der Waals surface area contributed by atoms with E-state index in [1.54, 1.807) is 17.1 Å². The van der Waals surface area contributed by atoms with Crippen molar-refractivity contribution < 1.29 is 0 Å². The van der Waals surface area contributed by atoms with Gasteiger partial charge in [0.15, 0.2) is 11.6 Å². The molecule has 0 radical (unpaired) electrons. The predicted octanol–water partition coefficient (Wildman–Crippen LogP) is 3.14. The minimum absolute atomic E-state index is 0.556. The zero-order chi connectivity index (χ0) is 14.7. The van der Waals surface area contributed by atoms with Crippen molar-refractivity contribution >= 4 is 17.3 Å². The number of hydrogen-bond acceptors (Lipinski definition) is 4. The van der Waals surface area contributed by atoms with Crippen LogP contribution >= 0.6 is 11.6 Å². The van der Waals surface area contributed by atoms with Crippen LogP contribution in [-0.4, -0.2) is 19.7 Å². The van der Waals surface area contributed by atoms with Crippen LogP contribution in [0, 0.1) is 0 Å². The van der Waals surface area contributed by atoms with E-state index in [2.05, 4.69) is 20.4 Å². The molecule has 5 nitrogen and oxygen atoms in total. The van der Waals surface area contributed by atoms with E-state index < -0.39 is 0 Å². The largest absolute Gasteiger partial charge is 0.378 e. The van der Waals surface area contributed by atoms with Crippen LogP contribution in [0.1, 0.15) is 5.82 Å². The third kappa shape index (κ3) is 3.20. The van der Waals surface area contributed by atoms with Crippen LogP contribution in [0.3, 0.4) is 0 Å². The Morgan fingerprint density at radius 1 is 1.10 bits per heavy atom. The summed E-state index contributed by atoms with van der Waals surface area (Å²) in [5, 5.41) is 8.41. The van der Waals surface area contributed by atoms with Crippen LogP contribution in [0.25, 0.3) is 11.4 Å². The highest BCUT2D eigenvalue weighted by Crippen LogP contribution is 2.17. The highest BCUT2D eigenvalue weighted by Gasteiger charge is 2.08. The van der Waals surface area contributed by atoms with Crippen molar-refractivity contribution in [3.63, 3.8) is 0 Å². The van der Waals surface area contributed by atoms with Gasteiger partial charge in [0.25, 0.3) is 0 Å². The summed E-state index contributed by atoms with van der Waals surface area (Å²) >= 11 is 5.86. The number of nitrogens with zero attached hydrogens (tertiary/aromatic N) is 4. The van der Waals surface area contributed by atoms with Crippen molar-refractivity contribution in [3.05, 3.63) is 59.6 Å². The van der Waals surface area contributed by atoms with E-state index in [0.29, 0.717) is 6.54 Å². The summed E-state index contributed by atoms with van der Waals surface area (Å²) in [6, 6.07) is 11.4. The number of nitrogens with one attached hydrogen (secondary N) is 1. The molecule has 2 heterocycles. The molecule has 0 fully saturated rings. The molecule has 0 unspecified atom stereocenters. The fourth-order valence-electron chi connectivity index (χ4n) is 2.01. The van der Waals surface area contributed by atoms with Crippen LogP contribution in [0.15, 0.2) is 48.8 Å². The van der Waals surface area contributed by atoms with Gasteiger partial charge in [-0.25, -0.2) is 9.67 Å². The summed E-state index contributed by atoms with van der Waals surface area (Å²) in [5.41, 5.74) is 1.98. The maximum Gasteiger partial charge on any atom is 0.170 e. The molecule has 0 atom stereocenters. The second-order valence-corrected chi connectivity index (χ2v) is 5.01. The molecule has 0 spiro atoms. The molecule has 1 N–H and O–H groups in total. The first-order valence-electron chi connectivity index (χ1n) is 6.52. The van der Waals surface area contributed by atoms with Crippen molar-refractivity contribution in [1.29, 1.82) is 0 Å². The summed E-state index contributed by atoms with van der Waals surface area (Å²) in [5.74, 6) is 1.56. The molecule has 2 aromatic heterocycles. The molecule has 0 aliphatic heterocycles. The molecule has 0 bridgehead atoms. The van der Waals surface area contributed by atoms with Gasteiger partial charge in [0.1, 0.15) is 0 Å². The lowest BCUT2D eigenvalue weighted by atomic mass is 10.2. The van der Waals surface area contributed by atoms with Crippen molar-refractivity contribution in [3.8, 4) is 11.4 Å². The van der Waals surface area contributed by atoms with E-state index in [1.165, 1.54) is 0 Å². The van der Waals surface area contributed by atoms with Crippen molar-refractivity contribution in [2.24, 2.45) is 7.05 Å². The Bertz CT molecular complexity index is 722. The second kappa shape index (κ2) is 5.93. The zero-order valence-corrected chi connectivity index (χ0v) is 12.2. The van der Waals surface area contributed by atoms with Crippen LogP contribution in [0.5, 0.6) is 0 Å². The number of aryl methyl sites for hydroxylation is 1. The fraction of sp³-hybridized carbons (Fsp3) is 0.133. The Balaban J connectivity index is 1.74. The monoisotopic (exact) mass is 299 g/mol. The molecule has 0 saturated heterocycles. The first kappa shape index (κ1) is 13.6. The maximum absolute atomic E-state index is 5.86. The van der Waals surface area contributed by atoms with Crippen LogP contribution in [0.2, 0.25) is 5.02 Å². The first-order chi connectivity index (χ1) is 10.2. The molecule has 0 amide bonds. The van der Waals surface area contributed by atoms with E-state index in [1.807, 2.05) is 43.4 Å². The van der Waals surface area contributed by atoms with Crippen LogP contribution < -0.4 is 5.32 Å². The van der Waals surface area contributed by atoms with Gasteiger partial charge < -0.3 is 5.32 Å². The van der Waals surface area contributed by atoms with E-state index in [0.717, 1.165) is 27.9 Å². The Kier molecular flexibility index (Phi) is 3.83. The predicted molar refractivity (Wildman–Crippen MR) is 83.0 cm³/mol. The van der Waals surface area contributed by atoms with Gasteiger partial charge in [0, 0.05) is 35.7 Å². The normalized spacial score (nSPS) is 10.6. The lowest BCUT2D eigenvalue weighted by Crippen LogP contribution is -2.01. The molecule has 21 heavy (non-hydrogen) atoms. The Morgan fingerprint density at radius 3 is 2.52 bits per heavy atom. The molecule has 0 aliphatic carbocycles. The molecule has 0 saturated carbocycles. The van der Waals surface area contributed by atoms with E-state index in [9.17, 15) is 0 Å². The first-order valence-corrected chi connectivity index (χ1v) is 6.90. The summed E-state index contributed by atoms with van der Waals surface area (Å²) < 4.78 is 1.77. The van der Waals surface area contributed by atoms with Gasteiger partial charge in [-0.15, -0.1) is 0 Å². The van der Waals surface area contributed by atoms with Gasteiger partial charge in [-0.05, 0) is 36.4 Å². The SMILES string of the molecule is Cn1nc(CNc2ccc(Cl)cc2)nc1-c1ccncc1. The van der Waals surface area contributed by atoms with Crippen molar-refractivity contribution in [2.75, 3.05) is 5.32 Å². The molecular formula is C15H14ClN5. The lowest BCUT2D eigenvalue weighted by Gasteiger charge is -2.02. The molecule has 106 valence electrons. The average Bonchev–Trinajstić information content (AvgIpc) is 2.89. The fourth-order valence-corrected chi connectivity index (χ4v) is 2.14.